The van der Waals surface area contributed by atoms with Crippen LogP contribution in [0.15, 0.2) is 24.7 Å². The van der Waals surface area contributed by atoms with Crippen LogP contribution in [0.25, 0.3) is 21.1 Å². The molecule has 3 N–H and O–H groups in total. The van der Waals surface area contributed by atoms with Crippen molar-refractivity contribution in [1.29, 1.82) is 0 Å². The van der Waals surface area contributed by atoms with Crippen LogP contribution in [0.5, 0.6) is 5.75 Å². The summed E-state index contributed by atoms with van der Waals surface area (Å²) in [7, 11) is 4.92. The average molecular weight is 510 g/mol. The normalized spacial score (nSPS) is 14.9. The van der Waals surface area contributed by atoms with Gasteiger partial charge in [0.15, 0.2) is 0 Å². The summed E-state index contributed by atoms with van der Waals surface area (Å²) in [6.45, 7) is 0.535. The van der Waals surface area contributed by atoms with Gasteiger partial charge in [0.2, 0.25) is 5.91 Å². The number of hydrogen-bond donors (Lipinski definition) is 3. The van der Waals surface area contributed by atoms with E-state index in [0.717, 1.165) is 46.1 Å². The van der Waals surface area contributed by atoms with Gasteiger partial charge in [0.1, 0.15) is 29.3 Å². The van der Waals surface area contributed by atoms with Crippen LogP contribution in [0.2, 0.25) is 0 Å². The molecule has 2 amide bonds. The lowest BCUT2D eigenvalue weighted by atomic mass is 9.87. The molecule has 1 aliphatic carbocycles. The summed E-state index contributed by atoms with van der Waals surface area (Å²) >= 11 is 1.63. The molecular weight excluding hydrogens is 482 g/mol. The fraction of sp³-hybridized carbons (Fsp3) is 0.375. The standard InChI is InChI=1S/C24H27N7O4S/c1-31(2)23(32)13-4-5-15-19(9-13)36-22-20(15)21(26-12-27-22)29-17-8-14-11-28-30-16(14)10-18(17)35-7-6-25-24(33)34-3/h8,10-13H,4-7,9H2,1-3H3,(H,25,33)(H,28,30)(H,26,27,29)/t13-/m0/s1. The Hall–Kier alpha value is -3.93. The van der Waals surface area contributed by atoms with E-state index in [0.29, 0.717) is 11.6 Å². The van der Waals surface area contributed by atoms with Gasteiger partial charge in [-0.05, 0) is 30.9 Å². The highest BCUT2D eigenvalue weighted by Crippen LogP contribution is 2.41. The molecule has 1 atom stereocenters. The molecule has 0 saturated heterocycles. The zero-order valence-corrected chi connectivity index (χ0v) is 21.1. The Kier molecular flexibility index (Phi) is 6.59. The molecule has 188 valence electrons. The molecule has 3 aromatic heterocycles. The first-order valence-electron chi connectivity index (χ1n) is 11.6. The number of carbonyl (C=O) groups is 2. The zero-order valence-electron chi connectivity index (χ0n) is 20.3. The highest BCUT2D eigenvalue weighted by atomic mass is 32.1. The minimum absolute atomic E-state index is 0.00738. The Morgan fingerprint density at radius 1 is 1.28 bits per heavy atom. The number of amides is 2. The lowest BCUT2D eigenvalue weighted by molar-refractivity contribution is -0.133. The minimum atomic E-state index is -0.513. The maximum absolute atomic E-state index is 12.6. The number of aryl methyl sites for hydroxylation is 1. The lowest BCUT2D eigenvalue weighted by Gasteiger charge is -2.24. The first-order chi connectivity index (χ1) is 17.4. The number of benzene rings is 1. The molecule has 0 radical (unpaired) electrons. The van der Waals surface area contributed by atoms with Crippen molar-refractivity contribution in [2.75, 3.05) is 39.7 Å². The van der Waals surface area contributed by atoms with Gasteiger partial charge in [-0.2, -0.15) is 5.10 Å². The maximum atomic E-state index is 12.6. The van der Waals surface area contributed by atoms with Gasteiger partial charge in [0, 0.05) is 36.3 Å². The molecule has 0 aliphatic heterocycles. The van der Waals surface area contributed by atoms with Crippen LogP contribution in [0.1, 0.15) is 16.9 Å². The van der Waals surface area contributed by atoms with Crippen LogP contribution < -0.4 is 15.4 Å². The van der Waals surface area contributed by atoms with Crippen LogP contribution in [-0.4, -0.2) is 71.4 Å². The van der Waals surface area contributed by atoms with Gasteiger partial charge in [-0.25, -0.2) is 14.8 Å². The quantitative estimate of drug-likeness (QED) is 0.323. The molecule has 4 aromatic rings. The number of aromatic amines is 1. The van der Waals surface area contributed by atoms with Crippen LogP contribution >= 0.6 is 11.3 Å². The first kappa shape index (κ1) is 23.8. The molecule has 0 unspecified atom stereocenters. The monoisotopic (exact) mass is 509 g/mol. The third kappa shape index (κ3) is 4.63. The van der Waals surface area contributed by atoms with E-state index in [1.807, 2.05) is 12.1 Å². The van der Waals surface area contributed by atoms with Crippen LogP contribution in [-0.2, 0) is 22.4 Å². The van der Waals surface area contributed by atoms with E-state index in [1.54, 1.807) is 42.9 Å². The fourth-order valence-corrected chi connectivity index (χ4v) is 5.75. The van der Waals surface area contributed by atoms with Crippen LogP contribution in [0.3, 0.4) is 0 Å². The van der Waals surface area contributed by atoms with Crippen LogP contribution in [0.4, 0.5) is 16.3 Å². The molecule has 11 nitrogen and oxygen atoms in total. The second kappa shape index (κ2) is 9.97. The Labute approximate surface area is 211 Å². The minimum Gasteiger partial charge on any atom is -0.489 e. The van der Waals surface area contributed by atoms with E-state index in [4.69, 9.17) is 4.74 Å². The Bertz CT molecular complexity index is 1430. The summed E-state index contributed by atoms with van der Waals surface area (Å²) in [5.74, 6) is 1.44. The van der Waals surface area contributed by atoms with E-state index >= 15 is 0 Å². The predicted molar refractivity (Wildman–Crippen MR) is 137 cm³/mol. The van der Waals surface area contributed by atoms with Gasteiger partial charge in [-0.15, -0.1) is 11.3 Å². The molecule has 1 aliphatic rings. The second-order valence-electron chi connectivity index (χ2n) is 8.78. The van der Waals surface area contributed by atoms with Crippen molar-refractivity contribution in [3.63, 3.8) is 0 Å². The third-order valence-corrected chi connectivity index (χ3v) is 7.41. The summed E-state index contributed by atoms with van der Waals surface area (Å²) in [4.78, 5) is 36.7. The molecule has 0 spiro atoms. The number of H-pyrrole nitrogens is 1. The number of hydrogen-bond acceptors (Lipinski definition) is 9. The average Bonchev–Trinajstić information content (AvgIpc) is 3.49. The number of rotatable bonds is 7. The van der Waals surface area contributed by atoms with Gasteiger partial charge in [-0.3, -0.25) is 9.89 Å². The molecule has 12 heteroatoms. The number of alkyl carbamates (subject to hydrolysis) is 1. The number of ether oxygens (including phenoxy) is 2. The summed E-state index contributed by atoms with van der Waals surface area (Å²) in [5.41, 5.74) is 2.75. The Balaban J connectivity index is 1.44. The van der Waals surface area contributed by atoms with Gasteiger partial charge in [0.05, 0.1) is 36.4 Å². The molecule has 1 aromatic carbocycles. The predicted octanol–water partition coefficient (Wildman–Crippen LogP) is 3.24. The van der Waals surface area contributed by atoms with Crippen molar-refractivity contribution < 1.29 is 19.1 Å². The Morgan fingerprint density at radius 3 is 2.94 bits per heavy atom. The maximum Gasteiger partial charge on any atom is 0.406 e. The number of aromatic nitrogens is 4. The summed E-state index contributed by atoms with van der Waals surface area (Å²) in [5, 5.41) is 15.0. The summed E-state index contributed by atoms with van der Waals surface area (Å²) in [6.07, 6.45) is 5.09. The zero-order chi connectivity index (χ0) is 25.2. The number of thiophene rings is 1. The molecule has 0 fully saturated rings. The van der Waals surface area contributed by atoms with E-state index in [9.17, 15) is 9.59 Å². The number of fused-ring (bicyclic) bond motifs is 4. The van der Waals surface area contributed by atoms with Crippen molar-refractivity contribution in [1.82, 2.24) is 30.4 Å². The van der Waals surface area contributed by atoms with Crippen molar-refractivity contribution >= 4 is 56.0 Å². The molecule has 0 saturated carbocycles. The molecule has 36 heavy (non-hydrogen) atoms. The summed E-state index contributed by atoms with van der Waals surface area (Å²) < 4.78 is 10.6. The fourth-order valence-electron chi connectivity index (χ4n) is 4.48. The molecular formula is C24H27N7O4S. The largest absolute Gasteiger partial charge is 0.489 e. The van der Waals surface area contributed by atoms with Gasteiger partial charge in [-0.1, -0.05) is 0 Å². The molecule has 0 bridgehead atoms. The van der Waals surface area contributed by atoms with Crippen molar-refractivity contribution in [3.8, 4) is 5.75 Å². The van der Waals surface area contributed by atoms with Crippen molar-refractivity contribution in [3.05, 3.63) is 35.1 Å². The van der Waals surface area contributed by atoms with Gasteiger partial charge >= 0.3 is 6.09 Å². The summed E-state index contributed by atoms with van der Waals surface area (Å²) in [6, 6.07) is 3.81. The first-order valence-corrected chi connectivity index (χ1v) is 12.4. The highest BCUT2D eigenvalue weighted by molar-refractivity contribution is 7.19. The van der Waals surface area contributed by atoms with E-state index in [2.05, 4.69) is 35.5 Å². The number of carbonyl (C=O) groups excluding carboxylic acids is 2. The number of anilines is 2. The van der Waals surface area contributed by atoms with Gasteiger partial charge in [0.25, 0.3) is 0 Å². The topological polar surface area (TPSA) is 134 Å². The third-order valence-electron chi connectivity index (χ3n) is 6.24. The smallest absolute Gasteiger partial charge is 0.406 e. The van der Waals surface area contributed by atoms with Crippen molar-refractivity contribution in [2.24, 2.45) is 5.92 Å². The van der Waals surface area contributed by atoms with Gasteiger partial charge < -0.3 is 25.0 Å². The number of nitrogens with one attached hydrogen (secondary N) is 3. The molecule has 3 heterocycles. The lowest BCUT2D eigenvalue weighted by Crippen LogP contribution is -2.32. The number of nitrogens with zero attached hydrogens (tertiary/aromatic N) is 4. The van der Waals surface area contributed by atoms with E-state index in [-0.39, 0.29) is 25.0 Å². The Morgan fingerprint density at radius 2 is 2.14 bits per heavy atom. The SMILES string of the molecule is COC(=O)NCCOc1cc2[nH]ncc2cc1Nc1ncnc2sc3c(c12)CC[C@H](C(=O)N(C)C)C3. The highest BCUT2D eigenvalue weighted by Gasteiger charge is 2.30. The number of methoxy groups -OCH3 is 1. The van der Waals surface area contributed by atoms with E-state index < -0.39 is 6.09 Å². The van der Waals surface area contributed by atoms with Crippen LogP contribution in [0, 0.1) is 5.92 Å². The second-order valence-corrected chi connectivity index (χ2v) is 9.86. The molecule has 5 rings (SSSR count). The van der Waals surface area contributed by atoms with Crippen molar-refractivity contribution in [2.45, 2.75) is 19.3 Å². The van der Waals surface area contributed by atoms with E-state index in [1.165, 1.54) is 17.6 Å².